The lowest BCUT2D eigenvalue weighted by Crippen LogP contribution is -2.30. The van der Waals surface area contributed by atoms with Gasteiger partial charge in [-0.05, 0) is 13.0 Å². The fraction of sp³-hybridized carbons (Fsp3) is 0.750. The van der Waals surface area contributed by atoms with E-state index in [-0.39, 0.29) is 11.9 Å². The molecule has 0 aromatic heterocycles. The first-order chi connectivity index (χ1) is 5.88. The lowest BCUT2D eigenvalue weighted by Gasteiger charge is -2.16. The average Bonchev–Trinajstić information content (AvgIpc) is 2.31. The number of alkyl halides is 3. The molecule has 0 aliphatic carbocycles. The summed E-state index contributed by atoms with van der Waals surface area (Å²) in [7, 11) is 0. The van der Waals surface area contributed by atoms with Crippen molar-refractivity contribution in [3.63, 3.8) is 0 Å². The molecule has 5 heteroatoms. The van der Waals surface area contributed by atoms with Gasteiger partial charge in [0.2, 0.25) is 0 Å². The standard InChI is InChI=1S/C8H12F3NO/c1-5-2-3-7(13-5)6(12)4-8(9,10)11/h3,5-6H,2,4,12H2,1H3. The molecule has 0 aromatic rings. The van der Waals surface area contributed by atoms with Gasteiger partial charge in [0, 0.05) is 6.42 Å². The first-order valence-electron chi connectivity index (χ1n) is 4.07. The molecule has 2 unspecified atom stereocenters. The summed E-state index contributed by atoms with van der Waals surface area (Å²) in [4.78, 5) is 0. The van der Waals surface area contributed by atoms with Crippen LogP contribution in [-0.4, -0.2) is 18.3 Å². The van der Waals surface area contributed by atoms with Gasteiger partial charge in [-0.15, -0.1) is 0 Å². The van der Waals surface area contributed by atoms with Gasteiger partial charge in [-0.3, -0.25) is 0 Å². The highest BCUT2D eigenvalue weighted by Gasteiger charge is 2.33. The molecule has 2 N–H and O–H groups in total. The summed E-state index contributed by atoms with van der Waals surface area (Å²) in [5.74, 6) is 0.268. The second kappa shape index (κ2) is 3.57. The van der Waals surface area contributed by atoms with Crippen LogP contribution in [0.3, 0.4) is 0 Å². The van der Waals surface area contributed by atoms with E-state index in [0.717, 1.165) is 0 Å². The molecular formula is C8H12F3NO. The molecular weight excluding hydrogens is 183 g/mol. The summed E-state index contributed by atoms with van der Waals surface area (Å²) in [5.41, 5.74) is 5.31. The van der Waals surface area contributed by atoms with Crippen molar-refractivity contribution in [2.45, 2.75) is 38.1 Å². The Morgan fingerprint density at radius 1 is 1.69 bits per heavy atom. The van der Waals surface area contributed by atoms with Crippen molar-refractivity contribution in [1.29, 1.82) is 0 Å². The van der Waals surface area contributed by atoms with Crippen LogP contribution < -0.4 is 5.73 Å². The van der Waals surface area contributed by atoms with Crippen molar-refractivity contribution in [3.05, 3.63) is 11.8 Å². The van der Waals surface area contributed by atoms with Crippen LogP contribution >= 0.6 is 0 Å². The Kier molecular flexibility index (Phi) is 2.85. The molecule has 0 bridgehead atoms. The van der Waals surface area contributed by atoms with Gasteiger partial charge < -0.3 is 10.5 Å². The minimum absolute atomic E-state index is 0.0470. The number of hydrogen-bond donors (Lipinski definition) is 1. The van der Waals surface area contributed by atoms with Crippen LogP contribution in [0.2, 0.25) is 0 Å². The summed E-state index contributed by atoms with van der Waals surface area (Å²) in [6.07, 6.45) is -3.03. The molecule has 2 atom stereocenters. The highest BCUT2D eigenvalue weighted by atomic mass is 19.4. The highest BCUT2D eigenvalue weighted by molar-refractivity contribution is 5.08. The topological polar surface area (TPSA) is 35.2 Å². The average molecular weight is 195 g/mol. The maximum Gasteiger partial charge on any atom is 0.391 e. The van der Waals surface area contributed by atoms with Gasteiger partial charge in [0.15, 0.2) is 0 Å². The molecule has 1 aliphatic rings. The Balaban J connectivity index is 2.45. The van der Waals surface area contributed by atoms with E-state index in [4.69, 9.17) is 10.5 Å². The summed E-state index contributed by atoms with van der Waals surface area (Å²) >= 11 is 0. The predicted molar refractivity (Wildman–Crippen MR) is 41.9 cm³/mol. The first kappa shape index (κ1) is 10.4. The van der Waals surface area contributed by atoms with E-state index in [9.17, 15) is 13.2 Å². The second-order valence-electron chi connectivity index (χ2n) is 3.20. The SMILES string of the molecule is CC1CC=C(C(N)CC(F)(F)F)O1. The van der Waals surface area contributed by atoms with Crippen LogP contribution in [0.15, 0.2) is 11.8 Å². The molecule has 0 saturated carbocycles. The Morgan fingerprint density at radius 3 is 2.69 bits per heavy atom. The maximum atomic E-state index is 11.9. The number of ether oxygens (including phenoxy) is 1. The quantitative estimate of drug-likeness (QED) is 0.731. The fourth-order valence-electron chi connectivity index (χ4n) is 1.20. The molecule has 2 nitrogen and oxygen atoms in total. The third kappa shape index (κ3) is 3.26. The molecule has 0 spiro atoms. The van der Waals surface area contributed by atoms with Gasteiger partial charge in [0.05, 0.1) is 18.6 Å². The van der Waals surface area contributed by atoms with E-state index in [1.165, 1.54) is 0 Å². The Hall–Kier alpha value is -0.710. The third-order valence-electron chi connectivity index (χ3n) is 1.81. The van der Waals surface area contributed by atoms with Crippen molar-refractivity contribution < 1.29 is 17.9 Å². The lowest BCUT2D eigenvalue weighted by molar-refractivity contribution is -0.138. The zero-order valence-electron chi connectivity index (χ0n) is 7.27. The normalized spacial score (nSPS) is 25.3. The largest absolute Gasteiger partial charge is 0.493 e. The predicted octanol–water partition coefficient (Wildman–Crippen LogP) is 1.96. The van der Waals surface area contributed by atoms with Crippen LogP contribution in [-0.2, 0) is 4.74 Å². The Labute approximate surface area is 74.5 Å². The highest BCUT2D eigenvalue weighted by Crippen LogP contribution is 2.27. The van der Waals surface area contributed by atoms with Crippen LogP contribution in [0.5, 0.6) is 0 Å². The number of rotatable bonds is 2. The zero-order chi connectivity index (χ0) is 10.1. The molecule has 0 fully saturated rings. The van der Waals surface area contributed by atoms with Gasteiger partial charge in [0.1, 0.15) is 5.76 Å². The maximum absolute atomic E-state index is 11.9. The summed E-state index contributed by atoms with van der Waals surface area (Å²) in [6, 6.07) is -1.05. The Bertz CT molecular complexity index is 212. The van der Waals surface area contributed by atoms with E-state index >= 15 is 0 Å². The first-order valence-corrected chi connectivity index (χ1v) is 4.07. The molecule has 13 heavy (non-hydrogen) atoms. The van der Waals surface area contributed by atoms with Crippen molar-refractivity contribution >= 4 is 0 Å². The summed E-state index contributed by atoms with van der Waals surface area (Å²) in [5, 5.41) is 0. The lowest BCUT2D eigenvalue weighted by atomic mass is 10.1. The van der Waals surface area contributed by atoms with Crippen LogP contribution in [0, 0.1) is 0 Å². The van der Waals surface area contributed by atoms with Crippen LogP contribution in [0.4, 0.5) is 13.2 Å². The van der Waals surface area contributed by atoms with Gasteiger partial charge in [0.25, 0.3) is 0 Å². The molecule has 1 rings (SSSR count). The summed E-state index contributed by atoms with van der Waals surface area (Å²) in [6.45, 7) is 1.80. The number of nitrogens with two attached hydrogens (primary N) is 1. The number of hydrogen-bond acceptors (Lipinski definition) is 2. The van der Waals surface area contributed by atoms with E-state index in [0.29, 0.717) is 6.42 Å². The van der Waals surface area contributed by atoms with Crippen molar-refractivity contribution in [2.24, 2.45) is 5.73 Å². The van der Waals surface area contributed by atoms with Crippen molar-refractivity contribution in [2.75, 3.05) is 0 Å². The van der Waals surface area contributed by atoms with E-state index in [1.807, 2.05) is 0 Å². The summed E-state index contributed by atoms with van der Waals surface area (Å²) < 4.78 is 40.8. The van der Waals surface area contributed by atoms with Crippen LogP contribution in [0.1, 0.15) is 19.8 Å². The minimum Gasteiger partial charge on any atom is -0.493 e. The molecule has 1 aliphatic heterocycles. The third-order valence-corrected chi connectivity index (χ3v) is 1.81. The molecule has 0 aromatic carbocycles. The van der Waals surface area contributed by atoms with Crippen molar-refractivity contribution in [1.82, 2.24) is 0 Å². The van der Waals surface area contributed by atoms with E-state index in [1.54, 1.807) is 13.0 Å². The molecule has 0 saturated heterocycles. The van der Waals surface area contributed by atoms with E-state index in [2.05, 4.69) is 0 Å². The van der Waals surface area contributed by atoms with E-state index < -0.39 is 18.6 Å². The van der Waals surface area contributed by atoms with Gasteiger partial charge >= 0.3 is 6.18 Å². The monoisotopic (exact) mass is 195 g/mol. The molecule has 1 heterocycles. The second-order valence-corrected chi connectivity index (χ2v) is 3.20. The van der Waals surface area contributed by atoms with Gasteiger partial charge in [-0.2, -0.15) is 13.2 Å². The fourth-order valence-corrected chi connectivity index (χ4v) is 1.20. The van der Waals surface area contributed by atoms with Crippen LogP contribution in [0.25, 0.3) is 0 Å². The number of halogens is 3. The molecule has 0 amide bonds. The Morgan fingerprint density at radius 2 is 2.31 bits per heavy atom. The smallest absolute Gasteiger partial charge is 0.391 e. The van der Waals surface area contributed by atoms with Crippen molar-refractivity contribution in [3.8, 4) is 0 Å². The molecule has 0 radical (unpaired) electrons. The minimum atomic E-state index is -4.23. The molecule has 76 valence electrons. The van der Waals surface area contributed by atoms with Gasteiger partial charge in [-0.25, -0.2) is 0 Å². The van der Waals surface area contributed by atoms with Gasteiger partial charge in [-0.1, -0.05) is 0 Å². The zero-order valence-corrected chi connectivity index (χ0v) is 7.27.